The highest BCUT2D eigenvalue weighted by atomic mass is 16.7. The van der Waals surface area contributed by atoms with E-state index in [1.165, 1.54) is 0 Å². The first kappa shape index (κ1) is 18.9. The smallest absolute Gasteiger partial charge is 0.308 e. The highest BCUT2D eigenvalue weighted by Gasteiger charge is 2.10. The van der Waals surface area contributed by atoms with Crippen LogP contribution in [0, 0.1) is 0 Å². The lowest BCUT2D eigenvalue weighted by molar-refractivity contribution is -0.181. The molecule has 5 heteroatoms. The molecule has 0 aliphatic rings. The summed E-state index contributed by atoms with van der Waals surface area (Å²) in [4.78, 5) is 21.8. The van der Waals surface area contributed by atoms with E-state index in [2.05, 4.69) is 0 Å². The Kier molecular flexibility index (Phi) is 11.1. The quantitative estimate of drug-likeness (QED) is 0.338. The molecule has 0 aromatic heterocycles. The van der Waals surface area contributed by atoms with Crippen molar-refractivity contribution in [3.8, 4) is 0 Å². The molecule has 0 heterocycles. The van der Waals surface area contributed by atoms with Gasteiger partial charge in [0.25, 0.3) is 0 Å². The second-order valence-corrected chi connectivity index (χ2v) is 5.26. The van der Waals surface area contributed by atoms with Crippen molar-refractivity contribution in [3.63, 3.8) is 0 Å². The second kappa shape index (κ2) is 11.7. The van der Waals surface area contributed by atoms with Crippen molar-refractivity contribution in [1.29, 1.82) is 0 Å². The highest BCUT2D eigenvalue weighted by molar-refractivity contribution is 5.69. The Bertz CT molecular complexity index is 275. The Labute approximate surface area is 121 Å². The Morgan fingerprint density at radius 2 is 1.40 bits per heavy atom. The molecule has 1 atom stereocenters. The molecule has 0 saturated heterocycles. The molecule has 1 unspecified atom stereocenters. The molecule has 0 rings (SSSR count). The van der Waals surface area contributed by atoms with Crippen molar-refractivity contribution >= 4 is 11.9 Å². The summed E-state index contributed by atoms with van der Waals surface area (Å²) < 4.78 is 10.4. The summed E-state index contributed by atoms with van der Waals surface area (Å²) in [5, 5.41) is 8.48. The summed E-state index contributed by atoms with van der Waals surface area (Å²) in [5.41, 5.74) is 0. The minimum Gasteiger partial charge on any atom is -0.481 e. The van der Waals surface area contributed by atoms with E-state index >= 15 is 0 Å². The third kappa shape index (κ3) is 13.3. The van der Waals surface area contributed by atoms with Crippen LogP contribution in [0.15, 0.2) is 0 Å². The van der Waals surface area contributed by atoms with Gasteiger partial charge in [-0.05, 0) is 33.6 Å². The van der Waals surface area contributed by atoms with Crippen LogP contribution in [0.5, 0.6) is 0 Å². The number of ether oxygens (including phenoxy) is 2. The van der Waals surface area contributed by atoms with Crippen molar-refractivity contribution < 1.29 is 24.2 Å². The molecule has 0 amide bonds. The van der Waals surface area contributed by atoms with E-state index < -0.39 is 12.3 Å². The predicted octanol–water partition coefficient (Wildman–Crippen LogP) is 3.51. The standard InChI is InChI=1S/C15H28O5/c1-12(2)19-13(3)20-15(18)11-9-7-5-4-6-8-10-14(16)17/h12-13H,4-11H2,1-3H3,(H,16,17). The number of hydrogen-bond acceptors (Lipinski definition) is 4. The minimum atomic E-state index is -0.731. The van der Waals surface area contributed by atoms with Crippen LogP contribution in [0.25, 0.3) is 0 Å². The molecule has 0 radical (unpaired) electrons. The summed E-state index contributed by atoms with van der Waals surface area (Å²) in [6, 6.07) is 0. The summed E-state index contributed by atoms with van der Waals surface area (Å²) in [7, 11) is 0. The predicted molar refractivity (Wildman–Crippen MR) is 76.3 cm³/mol. The number of carbonyl (C=O) groups excluding carboxylic acids is 1. The molecule has 0 spiro atoms. The molecule has 0 fully saturated rings. The maximum absolute atomic E-state index is 11.5. The third-order valence-electron chi connectivity index (χ3n) is 2.78. The van der Waals surface area contributed by atoms with Crippen LogP contribution in [0.4, 0.5) is 0 Å². The van der Waals surface area contributed by atoms with Gasteiger partial charge in [-0.25, -0.2) is 0 Å². The van der Waals surface area contributed by atoms with E-state index in [9.17, 15) is 9.59 Å². The van der Waals surface area contributed by atoms with Crippen LogP contribution in [-0.2, 0) is 19.1 Å². The SMILES string of the molecule is CC(C)OC(C)OC(=O)CCCCCCCCC(=O)O. The molecule has 0 aromatic carbocycles. The van der Waals surface area contributed by atoms with E-state index in [-0.39, 0.29) is 18.5 Å². The van der Waals surface area contributed by atoms with E-state index in [0.29, 0.717) is 6.42 Å². The third-order valence-corrected chi connectivity index (χ3v) is 2.78. The van der Waals surface area contributed by atoms with Gasteiger partial charge < -0.3 is 14.6 Å². The van der Waals surface area contributed by atoms with Gasteiger partial charge in [-0.15, -0.1) is 0 Å². The first-order chi connectivity index (χ1) is 9.41. The number of aliphatic carboxylic acids is 1. The zero-order chi connectivity index (χ0) is 15.4. The van der Waals surface area contributed by atoms with E-state index in [4.69, 9.17) is 14.6 Å². The van der Waals surface area contributed by atoms with Gasteiger partial charge in [-0.2, -0.15) is 0 Å². The lowest BCUT2D eigenvalue weighted by Crippen LogP contribution is -2.21. The molecule has 5 nitrogen and oxygen atoms in total. The van der Waals surface area contributed by atoms with Crippen molar-refractivity contribution in [2.45, 2.75) is 84.5 Å². The van der Waals surface area contributed by atoms with E-state index in [0.717, 1.165) is 38.5 Å². The lowest BCUT2D eigenvalue weighted by atomic mass is 10.1. The van der Waals surface area contributed by atoms with Crippen molar-refractivity contribution in [2.75, 3.05) is 0 Å². The molecule has 1 N–H and O–H groups in total. The number of unbranched alkanes of at least 4 members (excludes halogenated alkanes) is 5. The van der Waals surface area contributed by atoms with Crippen molar-refractivity contribution in [2.24, 2.45) is 0 Å². The Balaban J connectivity index is 3.37. The largest absolute Gasteiger partial charge is 0.481 e. The fraction of sp³-hybridized carbons (Fsp3) is 0.867. The fourth-order valence-electron chi connectivity index (χ4n) is 1.91. The number of hydrogen-bond donors (Lipinski definition) is 1. The summed E-state index contributed by atoms with van der Waals surface area (Å²) in [6.07, 6.45) is 5.74. The zero-order valence-corrected chi connectivity index (χ0v) is 12.9. The molecular weight excluding hydrogens is 260 g/mol. The Morgan fingerprint density at radius 3 is 1.90 bits per heavy atom. The van der Waals surface area contributed by atoms with Crippen LogP contribution in [0.2, 0.25) is 0 Å². The molecule has 0 aromatic rings. The number of carbonyl (C=O) groups is 2. The lowest BCUT2D eigenvalue weighted by Gasteiger charge is -2.16. The van der Waals surface area contributed by atoms with Gasteiger partial charge in [0.05, 0.1) is 6.10 Å². The minimum absolute atomic E-state index is 0.0450. The normalized spacial score (nSPS) is 12.4. The zero-order valence-electron chi connectivity index (χ0n) is 12.9. The van der Waals surface area contributed by atoms with Crippen LogP contribution < -0.4 is 0 Å². The maximum Gasteiger partial charge on any atom is 0.308 e. The molecule has 118 valence electrons. The van der Waals surface area contributed by atoms with Gasteiger partial charge in [0, 0.05) is 12.8 Å². The molecule has 0 bridgehead atoms. The Morgan fingerprint density at radius 1 is 0.900 bits per heavy atom. The topological polar surface area (TPSA) is 72.8 Å². The van der Waals surface area contributed by atoms with Gasteiger partial charge in [-0.3, -0.25) is 9.59 Å². The van der Waals surface area contributed by atoms with Gasteiger partial charge in [0.2, 0.25) is 0 Å². The summed E-state index contributed by atoms with van der Waals surface area (Å²) in [5.74, 6) is -0.950. The average Bonchev–Trinajstić information content (AvgIpc) is 2.30. The fourth-order valence-corrected chi connectivity index (χ4v) is 1.91. The Hall–Kier alpha value is -1.10. The van der Waals surface area contributed by atoms with Crippen molar-refractivity contribution in [3.05, 3.63) is 0 Å². The first-order valence-corrected chi connectivity index (χ1v) is 7.48. The first-order valence-electron chi connectivity index (χ1n) is 7.48. The van der Waals surface area contributed by atoms with Crippen LogP contribution in [-0.4, -0.2) is 29.4 Å². The van der Waals surface area contributed by atoms with Crippen LogP contribution >= 0.6 is 0 Å². The number of rotatable bonds is 12. The van der Waals surface area contributed by atoms with Crippen molar-refractivity contribution in [1.82, 2.24) is 0 Å². The molecule has 0 aliphatic carbocycles. The molecular formula is C15H28O5. The van der Waals surface area contributed by atoms with Crippen LogP contribution in [0.1, 0.15) is 72.1 Å². The molecule has 20 heavy (non-hydrogen) atoms. The van der Waals surface area contributed by atoms with Gasteiger partial charge in [0.1, 0.15) is 0 Å². The van der Waals surface area contributed by atoms with Gasteiger partial charge in [0.15, 0.2) is 6.29 Å². The maximum atomic E-state index is 11.5. The molecule has 0 saturated carbocycles. The van der Waals surface area contributed by atoms with E-state index in [1.54, 1.807) is 6.92 Å². The van der Waals surface area contributed by atoms with E-state index in [1.807, 2.05) is 13.8 Å². The number of esters is 1. The monoisotopic (exact) mass is 288 g/mol. The van der Waals surface area contributed by atoms with Crippen LogP contribution in [0.3, 0.4) is 0 Å². The number of carboxylic acid groups (broad SMARTS) is 1. The number of carboxylic acids is 1. The van der Waals surface area contributed by atoms with Gasteiger partial charge in [-0.1, -0.05) is 25.7 Å². The summed E-state index contributed by atoms with van der Waals surface area (Å²) >= 11 is 0. The van der Waals surface area contributed by atoms with Gasteiger partial charge >= 0.3 is 11.9 Å². The summed E-state index contributed by atoms with van der Waals surface area (Å²) in [6.45, 7) is 5.52. The second-order valence-electron chi connectivity index (χ2n) is 5.26. The highest BCUT2D eigenvalue weighted by Crippen LogP contribution is 2.10. The molecule has 0 aliphatic heterocycles. The average molecular weight is 288 g/mol.